The smallest absolute Gasteiger partial charge is 0.358 e. The quantitative estimate of drug-likeness (QED) is 0.670. The Morgan fingerprint density at radius 3 is 2.19 bits per heavy atom. The van der Waals surface area contributed by atoms with Crippen LogP contribution in [0.4, 0.5) is 0 Å². The number of ether oxygens (including phenoxy) is 2. The third-order valence-corrected chi connectivity index (χ3v) is 4.83. The van der Waals surface area contributed by atoms with Gasteiger partial charge in [0.05, 0.1) is 30.5 Å². The molecule has 9 heteroatoms. The summed E-state index contributed by atoms with van der Waals surface area (Å²) in [5.41, 5.74) is 2.09. The predicted octanol–water partition coefficient (Wildman–Crippen LogP) is 1.98. The van der Waals surface area contributed by atoms with Crippen molar-refractivity contribution >= 4 is 16.0 Å². The Morgan fingerprint density at radius 1 is 1.04 bits per heavy atom. The molecular formula is C18H17N3O5S. The molecule has 0 radical (unpaired) electrons. The van der Waals surface area contributed by atoms with E-state index in [0.29, 0.717) is 17.1 Å². The molecule has 0 fully saturated rings. The van der Waals surface area contributed by atoms with Gasteiger partial charge in [0.2, 0.25) is 10.0 Å². The van der Waals surface area contributed by atoms with Crippen molar-refractivity contribution in [1.82, 2.24) is 9.78 Å². The van der Waals surface area contributed by atoms with Crippen LogP contribution in [0.1, 0.15) is 10.5 Å². The molecule has 3 rings (SSSR count). The third kappa shape index (κ3) is 3.83. The molecule has 0 atom stereocenters. The highest BCUT2D eigenvalue weighted by Crippen LogP contribution is 2.26. The van der Waals surface area contributed by atoms with E-state index in [-0.39, 0.29) is 10.6 Å². The van der Waals surface area contributed by atoms with Crippen LogP contribution in [-0.2, 0) is 14.8 Å². The number of rotatable bonds is 5. The Hall–Kier alpha value is -3.17. The molecule has 0 aliphatic rings. The highest BCUT2D eigenvalue weighted by Gasteiger charge is 2.18. The number of nitrogens with two attached hydrogens (primary N) is 1. The molecule has 8 nitrogen and oxygen atoms in total. The Labute approximate surface area is 156 Å². The zero-order chi connectivity index (χ0) is 19.6. The van der Waals surface area contributed by atoms with Crippen LogP contribution in [0, 0.1) is 0 Å². The lowest BCUT2D eigenvalue weighted by atomic mass is 10.1. The zero-order valence-corrected chi connectivity index (χ0v) is 15.4. The van der Waals surface area contributed by atoms with Crippen molar-refractivity contribution in [2.75, 3.05) is 14.2 Å². The lowest BCUT2D eigenvalue weighted by molar-refractivity contribution is 0.0593. The molecule has 0 aliphatic carbocycles. The van der Waals surface area contributed by atoms with Crippen molar-refractivity contribution in [1.29, 1.82) is 0 Å². The van der Waals surface area contributed by atoms with E-state index < -0.39 is 16.0 Å². The Morgan fingerprint density at radius 2 is 1.67 bits per heavy atom. The van der Waals surface area contributed by atoms with Crippen LogP contribution in [0.2, 0.25) is 0 Å². The fourth-order valence-corrected chi connectivity index (χ4v) is 3.04. The molecule has 0 amide bonds. The molecule has 0 saturated heterocycles. The molecule has 140 valence electrons. The Kier molecular flexibility index (Phi) is 4.98. The van der Waals surface area contributed by atoms with Gasteiger partial charge in [0.25, 0.3) is 0 Å². The van der Waals surface area contributed by atoms with E-state index >= 15 is 0 Å². The SMILES string of the molecule is COC(=O)c1cc(-c2ccc(OC)cc2)n(-c2ccc(S(N)(=O)=O)cc2)n1. The van der Waals surface area contributed by atoms with Gasteiger partial charge >= 0.3 is 5.97 Å². The molecule has 2 aromatic carbocycles. The van der Waals surface area contributed by atoms with Gasteiger partial charge in [-0.05, 0) is 54.6 Å². The highest BCUT2D eigenvalue weighted by atomic mass is 32.2. The summed E-state index contributed by atoms with van der Waals surface area (Å²) < 4.78 is 34.3. The number of benzene rings is 2. The number of esters is 1. The van der Waals surface area contributed by atoms with Crippen molar-refractivity contribution < 1.29 is 22.7 Å². The maximum atomic E-state index is 11.9. The summed E-state index contributed by atoms with van der Waals surface area (Å²) >= 11 is 0. The number of hydrogen-bond donors (Lipinski definition) is 1. The van der Waals surface area contributed by atoms with Crippen LogP contribution in [0.5, 0.6) is 5.75 Å². The molecule has 0 bridgehead atoms. The average Bonchev–Trinajstić information content (AvgIpc) is 3.12. The number of methoxy groups -OCH3 is 2. The predicted molar refractivity (Wildman–Crippen MR) is 98.3 cm³/mol. The van der Waals surface area contributed by atoms with Crippen LogP contribution in [0.15, 0.2) is 59.5 Å². The number of primary sulfonamides is 1. The summed E-state index contributed by atoms with van der Waals surface area (Å²) in [7, 11) is -0.957. The molecule has 3 aromatic rings. The number of aromatic nitrogens is 2. The van der Waals surface area contributed by atoms with E-state index in [2.05, 4.69) is 5.10 Å². The van der Waals surface area contributed by atoms with Gasteiger partial charge in [0.15, 0.2) is 5.69 Å². The minimum atomic E-state index is -3.80. The largest absolute Gasteiger partial charge is 0.497 e. The minimum absolute atomic E-state index is 0.0161. The topological polar surface area (TPSA) is 114 Å². The third-order valence-electron chi connectivity index (χ3n) is 3.90. The summed E-state index contributed by atoms with van der Waals surface area (Å²) in [6.45, 7) is 0. The second-order valence-corrected chi connectivity index (χ2v) is 7.15. The first-order valence-corrected chi connectivity index (χ1v) is 9.34. The van der Waals surface area contributed by atoms with Crippen molar-refractivity contribution in [3.63, 3.8) is 0 Å². The molecule has 1 heterocycles. The highest BCUT2D eigenvalue weighted by molar-refractivity contribution is 7.89. The van der Waals surface area contributed by atoms with Gasteiger partial charge in [-0.3, -0.25) is 0 Å². The molecule has 1 aromatic heterocycles. The maximum Gasteiger partial charge on any atom is 0.358 e. The number of sulfonamides is 1. The van der Waals surface area contributed by atoms with E-state index in [1.165, 1.54) is 23.9 Å². The van der Waals surface area contributed by atoms with Crippen molar-refractivity contribution in [3.05, 3.63) is 60.3 Å². The molecule has 0 unspecified atom stereocenters. The van der Waals surface area contributed by atoms with Crippen molar-refractivity contribution in [2.24, 2.45) is 5.14 Å². The van der Waals surface area contributed by atoms with Gasteiger partial charge in [-0.2, -0.15) is 5.10 Å². The van der Waals surface area contributed by atoms with E-state index in [0.717, 1.165) is 5.56 Å². The number of carbonyl (C=O) groups is 1. The summed E-state index contributed by atoms with van der Waals surface area (Å²) in [5, 5.41) is 9.42. The monoisotopic (exact) mass is 387 g/mol. The first kappa shape index (κ1) is 18.6. The van der Waals surface area contributed by atoms with Crippen LogP contribution < -0.4 is 9.88 Å². The molecule has 27 heavy (non-hydrogen) atoms. The summed E-state index contributed by atoms with van der Waals surface area (Å²) in [6.07, 6.45) is 0. The first-order chi connectivity index (χ1) is 12.8. The standard InChI is InChI=1S/C18H17N3O5S/c1-25-14-7-3-12(4-8-14)17-11-16(18(22)26-2)20-21(17)13-5-9-15(10-6-13)27(19,23)24/h3-11H,1-2H3,(H2,19,23,24). The van der Waals surface area contributed by atoms with Crippen molar-refractivity contribution in [3.8, 4) is 22.7 Å². The lowest BCUT2D eigenvalue weighted by Crippen LogP contribution is -2.12. The Bertz CT molecular complexity index is 1070. The van der Waals surface area contributed by atoms with Crippen molar-refractivity contribution in [2.45, 2.75) is 4.90 Å². The van der Waals surface area contributed by atoms with Crippen LogP contribution in [0.3, 0.4) is 0 Å². The van der Waals surface area contributed by atoms with Crippen LogP contribution in [-0.4, -0.2) is 38.4 Å². The van der Waals surface area contributed by atoms with E-state index in [9.17, 15) is 13.2 Å². The lowest BCUT2D eigenvalue weighted by Gasteiger charge is -2.09. The van der Waals surface area contributed by atoms with E-state index in [1.807, 2.05) is 12.1 Å². The maximum absolute atomic E-state index is 11.9. The fraction of sp³-hybridized carbons (Fsp3) is 0.111. The fourth-order valence-electron chi connectivity index (χ4n) is 2.53. The van der Waals surface area contributed by atoms with Gasteiger partial charge in [-0.25, -0.2) is 23.0 Å². The van der Waals surface area contributed by atoms with Crippen LogP contribution >= 0.6 is 0 Å². The molecule has 2 N–H and O–H groups in total. The van der Waals surface area contributed by atoms with Gasteiger partial charge in [0.1, 0.15) is 5.75 Å². The average molecular weight is 387 g/mol. The molecule has 0 spiro atoms. The minimum Gasteiger partial charge on any atom is -0.497 e. The summed E-state index contributed by atoms with van der Waals surface area (Å²) in [5.74, 6) is 0.111. The Balaban J connectivity index is 2.12. The summed E-state index contributed by atoms with van der Waals surface area (Å²) in [6, 6.07) is 14.7. The van der Waals surface area contributed by atoms with Gasteiger partial charge in [0, 0.05) is 5.56 Å². The van der Waals surface area contributed by atoms with Crippen LogP contribution in [0.25, 0.3) is 16.9 Å². The van der Waals surface area contributed by atoms with E-state index in [1.54, 1.807) is 37.4 Å². The summed E-state index contributed by atoms with van der Waals surface area (Å²) in [4.78, 5) is 11.9. The number of hydrogen-bond acceptors (Lipinski definition) is 6. The second kappa shape index (κ2) is 7.22. The van der Waals surface area contributed by atoms with E-state index in [4.69, 9.17) is 14.6 Å². The molecular weight excluding hydrogens is 370 g/mol. The normalized spacial score (nSPS) is 11.2. The zero-order valence-electron chi connectivity index (χ0n) is 14.6. The first-order valence-electron chi connectivity index (χ1n) is 7.79. The second-order valence-electron chi connectivity index (χ2n) is 5.59. The van der Waals surface area contributed by atoms with Gasteiger partial charge in [-0.1, -0.05) is 0 Å². The number of carbonyl (C=O) groups excluding carboxylic acids is 1. The van der Waals surface area contributed by atoms with Gasteiger partial charge in [-0.15, -0.1) is 0 Å². The number of nitrogens with zero attached hydrogens (tertiary/aromatic N) is 2. The molecule has 0 aliphatic heterocycles. The van der Waals surface area contributed by atoms with Gasteiger partial charge < -0.3 is 9.47 Å². The molecule has 0 saturated carbocycles.